The van der Waals surface area contributed by atoms with Gasteiger partial charge in [0.05, 0.1) is 39.6 Å². The number of carbonyl (C=O) groups excluding carboxylic acids is 1. The Morgan fingerprint density at radius 3 is 2.62 bits per heavy atom. The van der Waals surface area contributed by atoms with Crippen LogP contribution >= 0.6 is 23.2 Å². The molecule has 0 bridgehead atoms. The Labute approximate surface area is 227 Å². The Bertz CT molecular complexity index is 1260. The molecule has 2 aromatic carbocycles. The third-order valence-electron chi connectivity index (χ3n) is 6.46. The molecule has 1 fully saturated rings. The molecule has 2 atom stereocenters. The Morgan fingerprint density at radius 1 is 1.19 bits per heavy atom. The fraction of sp³-hybridized carbons (Fsp3) is 0.321. The van der Waals surface area contributed by atoms with Crippen LogP contribution in [0.1, 0.15) is 52.7 Å². The molecular weight excluding hydrogens is 509 g/mol. The van der Waals surface area contributed by atoms with Gasteiger partial charge in [-0.25, -0.2) is 0 Å². The van der Waals surface area contributed by atoms with E-state index in [-0.39, 0.29) is 11.9 Å². The number of β-amino-alcohol motifs (C(OH)–C–C–N with tert-alkyl or cyclic N) is 1. The number of nitrogens with one attached hydrogen (secondary N) is 1. The second-order valence-corrected chi connectivity index (χ2v) is 9.89. The van der Waals surface area contributed by atoms with Crippen LogP contribution in [0.5, 0.6) is 0 Å². The first kappa shape index (κ1) is 26.9. The number of hydrogen-bond donors (Lipinski definition) is 2. The molecule has 0 radical (unpaired) electrons. The van der Waals surface area contributed by atoms with Gasteiger partial charge in [-0.15, -0.1) is 0 Å². The molecule has 37 heavy (non-hydrogen) atoms. The first-order chi connectivity index (χ1) is 17.9. The van der Waals surface area contributed by atoms with Crippen LogP contribution < -0.4 is 10.2 Å². The molecule has 7 nitrogen and oxygen atoms in total. The van der Waals surface area contributed by atoms with E-state index in [0.717, 1.165) is 17.7 Å². The van der Waals surface area contributed by atoms with Crippen molar-refractivity contribution in [3.8, 4) is 6.07 Å². The molecule has 1 saturated heterocycles. The molecular formula is C28H29Cl2N5O2. The lowest BCUT2D eigenvalue weighted by Crippen LogP contribution is -2.49. The Balaban J connectivity index is 1.50. The van der Waals surface area contributed by atoms with Gasteiger partial charge in [0.15, 0.2) is 0 Å². The fourth-order valence-electron chi connectivity index (χ4n) is 4.49. The average Bonchev–Trinajstić information content (AvgIpc) is 2.92. The van der Waals surface area contributed by atoms with Crippen LogP contribution in [-0.2, 0) is 0 Å². The molecule has 1 aliphatic heterocycles. The summed E-state index contributed by atoms with van der Waals surface area (Å²) in [4.78, 5) is 20.9. The summed E-state index contributed by atoms with van der Waals surface area (Å²) < 4.78 is 0. The Kier molecular flexibility index (Phi) is 9.01. The van der Waals surface area contributed by atoms with Gasteiger partial charge in [-0.3, -0.25) is 14.7 Å². The number of carbonyl (C=O) groups is 1. The lowest BCUT2D eigenvalue weighted by molar-refractivity contribution is 0.0945. The van der Waals surface area contributed by atoms with Gasteiger partial charge >= 0.3 is 0 Å². The standard InChI is InChI=1S/C28H29Cl2N5O2/c1-2-11-32-28(37)21-6-9-24(33-16-21)27(36)18-34-12-13-35(25-10-3-19(15-31)14-23(25)30)26(17-34)20-4-7-22(29)8-5-20/h3-10,14,16,26-27,36H,2,11-13,17-18H2,1H3,(H,32,37)/t26-,27+/m0/s1. The molecule has 0 unspecified atom stereocenters. The zero-order valence-corrected chi connectivity index (χ0v) is 22.1. The van der Waals surface area contributed by atoms with Gasteiger partial charge in [-0.05, 0) is 54.4 Å². The molecule has 2 N–H and O–H groups in total. The zero-order chi connectivity index (χ0) is 26.4. The van der Waals surface area contributed by atoms with Crippen LogP contribution in [0.15, 0.2) is 60.8 Å². The van der Waals surface area contributed by atoms with Crippen LogP contribution in [0.2, 0.25) is 10.0 Å². The zero-order valence-electron chi connectivity index (χ0n) is 20.6. The molecule has 0 spiro atoms. The summed E-state index contributed by atoms with van der Waals surface area (Å²) in [6.45, 7) is 5.02. The van der Waals surface area contributed by atoms with Gasteiger partial charge in [-0.1, -0.05) is 42.3 Å². The predicted molar refractivity (Wildman–Crippen MR) is 146 cm³/mol. The smallest absolute Gasteiger partial charge is 0.252 e. The molecule has 4 rings (SSSR count). The number of aromatic nitrogens is 1. The fourth-order valence-corrected chi connectivity index (χ4v) is 4.90. The number of aliphatic hydroxyl groups is 1. The lowest BCUT2D eigenvalue weighted by Gasteiger charge is -2.44. The summed E-state index contributed by atoms with van der Waals surface area (Å²) in [5.74, 6) is -0.168. The van der Waals surface area contributed by atoms with Crippen LogP contribution in [-0.4, -0.2) is 53.6 Å². The van der Waals surface area contributed by atoms with E-state index in [1.807, 2.05) is 37.3 Å². The number of nitrogens with zero attached hydrogens (tertiary/aromatic N) is 4. The van der Waals surface area contributed by atoms with Crippen molar-refractivity contribution in [2.45, 2.75) is 25.5 Å². The number of rotatable bonds is 8. The van der Waals surface area contributed by atoms with Crippen molar-refractivity contribution in [3.05, 3.63) is 93.2 Å². The highest BCUT2D eigenvalue weighted by Gasteiger charge is 2.31. The molecule has 9 heteroatoms. The van der Waals surface area contributed by atoms with Crippen molar-refractivity contribution < 1.29 is 9.90 Å². The van der Waals surface area contributed by atoms with E-state index < -0.39 is 6.10 Å². The van der Waals surface area contributed by atoms with E-state index in [4.69, 9.17) is 23.2 Å². The number of benzene rings is 2. The van der Waals surface area contributed by atoms with Gasteiger partial charge in [-0.2, -0.15) is 5.26 Å². The van der Waals surface area contributed by atoms with E-state index in [0.29, 0.717) is 59.6 Å². The molecule has 3 aromatic rings. The maximum absolute atomic E-state index is 12.1. The molecule has 1 aromatic heterocycles. The summed E-state index contributed by atoms with van der Waals surface area (Å²) in [6.07, 6.45) is 1.56. The van der Waals surface area contributed by atoms with Gasteiger partial charge in [0.2, 0.25) is 0 Å². The minimum absolute atomic E-state index is 0.0405. The number of aliphatic hydroxyl groups excluding tert-OH is 1. The summed E-state index contributed by atoms with van der Waals surface area (Å²) in [5, 5.41) is 24.2. The number of anilines is 1. The third kappa shape index (κ3) is 6.60. The summed E-state index contributed by atoms with van der Waals surface area (Å²) in [7, 11) is 0. The van der Waals surface area contributed by atoms with E-state index in [9.17, 15) is 15.2 Å². The first-order valence-electron chi connectivity index (χ1n) is 12.3. The summed E-state index contributed by atoms with van der Waals surface area (Å²) in [5.41, 5.74) is 3.44. The largest absolute Gasteiger partial charge is 0.385 e. The van der Waals surface area contributed by atoms with Crippen molar-refractivity contribution >= 4 is 34.8 Å². The number of pyridine rings is 1. The number of halogens is 2. The maximum Gasteiger partial charge on any atom is 0.252 e. The molecule has 1 aliphatic rings. The summed E-state index contributed by atoms with van der Waals surface area (Å²) in [6, 6.07) is 18.6. The monoisotopic (exact) mass is 537 g/mol. The number of piperazine rings is 1. The third-order valence-corrected chi connectivity index (χ3v) is 7.02. The molecule has 0 aliphatic carbocycles. The first-order valence-corrected chi connectivity index (χ1v) is 13.0. The molecule has 0 saturated carbocycles. The van der Waals surface area contributed by atoms with Crippen LogP contribution in [0.25, 0.3) is 0 Å². The predicted octanol–water partition coefficient (Wildman–Crippen LogP) is 5.00. The van der Waals surface area contributed by atoms with Crippen molar-refractivity contribution in [1.29, 1.82) is 5.26 Å². The van der Waals surface area contributed by atoms with Crippen molar-refractivity contribution in [2.24, 2.45) is 0 Å². The van der Waals surface area contributed by atoms with Gasteiger partial charge in [0.25, 0.3) is 5.91 Å². The molecule has 2 heterocycles. The minimum Gasteiger partial charge on any atom is -0.385 e. The SMILES string of the molecule is CCCNC(=O)c1ccc([C@H](O)CN2CCN(c3ccc(C#N)cc3Cl)[C@H](c3ccc(Cl)cc3)C2)nc1. The van der Waals surface area contributed by atoms with Gasteiger partial charge in [0, 0.05) is 43.9 Å². The average molecular weight is 538 g/mol. The maximum atomic E-state index is 12.1. The number of hydrogen-bond acceptors (Lipinski definition) is 6. The van der Waals surface area contributed by atoms with Crippen molar-refractivity contribution in [3.63, 3.8) is 0 Å². The number of nitriles is 1. The van der Waals surface area contributed by atoms with E-state index >= 15 is 0 Å². The van der Waals surface area contributed by atoms with E-state index in [2.05, 4.69) is 26.2 Å². The van der Waals surface area contributed by atoms with E-state index in [1.165, 1.54) is 6.20 Å². The second kappa shape index (κ2) is 12.4. The Hall–Kier alpha value is -3.15. The van der Waals surface area contributed by atoms with Crippen molar-refractivity contribution in [1.82, 2.24) is 15.2 Å². The number of amides is 1. The Morgan fingerprint density at radius 2 is 1.97 bits per heavy atom. The highest BCUT2D eigenvalue weighted by molar-refractivity contribution is 6.33. The highest BCUT2D eigenvalue weighted by Crippen LogP contribution is 2.36. The van der Waals surface area contributed by atoms with E-state index in [1.54, 1.807) is 24.3 Å². The lowest BCUT2D eigenvalue weighted by atomic mass is 10.0. The minimum atomic E-state index is -0.802. The molecule has 192 valence electrons. The van der Waals surface area contributed by atoms with Gasteiger partial charge in [0.1, 0.15) is 6.10 Å². The summed E-state index contributed by atoms with van der Waals surface area (Å²) >= 11 is 12.7. The highest BCUT2D eigenvalue weighted by atomic mass is 35.5. The van der Waals surface area contributed by atoms with Crippen LogP contribution in [0, 0.1) is 11.3 Å². The van der Waals surface area contributed by atoms with Gasteiger partial charge < -0.3 is 15.3 Å². The second-order valence-electron chi connectivity index (χ2n) is 9.04. The van der Waals surface area contributed by atoms with Crippen LogP contribution in [0.3, 0.4) is 0 Å². The van der Waals surface area contributed by atoms with Crippen LogP contribution in [0.4, 0.5) is 5.69 Å². The topological polar surface area (TPSA) is 92.5 Å². The molecule has 1 amide bonds. The quantitative estimate of drug-likeness (QED) is 0.420. The normalized spacial score (nSPS) is 16.7. The van der Waals surface area contributed by atoms with Crippen molar-refractivity contribution in [2.75, 3.05) is 37.6 Å².